The minimum absolute atomic E-state index is 0.678. The van der Waals surface area contributed by atoms with E-state index in [4.69, 9.17) is 10.5 Å². The van der Waals surface area contributed by atoms with Gasteiger partial charge in [-0.1, -0.05) is 0 Å². The second-order valence-corrected chi connectivity index (χ2v) is 3.08. The Morgan fingerprint density at radius 2 is 2.15 bits per heavy atom. The second kappa shape index (κ2) is 2.69. The molecule has 1 aromatic carbocycles. The van der Waals surface area contributed by atoms with Crippen LogP contribution in [-0.2, 0) is 0 Å². The van der Waals surface area contributed by atoms with Crippen molar-refractivity contribution in [2.75, 3.05) is 12.8 Å². The Morgan fingerprint density at radius 3 is 2.85 bits per heavy atom. The van der Waals surface area contributed by atoms with Crippen LogP contribution >= 0.6 is 0 Å². The van der Waals surface area contributed by atoms with E-state index in [-0.39, 0.29) is 0 Å². The van der Waals surface area contributed by atoms with Crippen LogP contribution in [0, 0.1) is 6.92 Å². The Bertz CT molecular complexity index is 445. The summed E-state index contributed by atoms with van der Waals surface area (Å²) in [5.41, 5.74) is 8.68. The van der Waals surface area contributed by atoms with E-state index in [1.54, 1.807) is 7.11 Å². The fourth-order valence-electron chi connectivity index (χ4n) is 1.59. The zero-order valence-corrected chi connectivity index (χ0v) is 7.72. The van der Waals surface area contributed by atoms with Crippen LogP contribution in [0.1, 0.15) is 5.56 Å². The van der Waals surface area contributed by atoms with Gasteiger partial charge in [0.05, 0.1) is 12.8 Å². The van der Waals surface area contributed by atoms with Gasteiger partial charge in [-0.25, -0.2) is 0 Å². The normalized spacial score (nSPS) is 10.6. The topological polar surface area (TPSA) is 51.0 Å². The van der Waals surface area contributed by atoms with Gasteiger partial charge in [-0.3, -0.25) is 0 Å². The van der Waals surface area contributed by atoms with Crippen molar-refractivity contribution < 1.29 is 4.74 Å². The van der Waals surface area contributed by atoms with Crippen LogP contribution in [0.15, 0.2) is 18.3 Å². The Labute approximate surface area is 76.5 Å². The number of methoxy groups -OCH3 is 1. The minimum Gasteiger partial charge on any atom is -0.494 e. The number of fused-ring (bicyclic) bond motifs is 1. The van der Waals surface area contributed by atoms with Crippen LogP contribution in [0.5, 0.6) is 5.75 Å². The molecule has 3 heteroatoms. The van der Waals surface area contributed by atoms with Crippen molar-refractivity contribution in [3.8, 4) is 5.75 Å². The summed E-state index contributed by atoms with van der Waals surface area (Å²) in [6, 6.07) is 3.80. The molecule has 0 aliphatic heterocycles. The Balaban J connectivity index is 2.88. The van der Waals surface area contributed by atoms with Crippen LogP contribution < -0.4 is 10.5 Å². The van der Waals surface area contributed by atoms with Gasteiger partial charge in [-0.05, 0) is 24.6 Å². The molecule has 0 saturated heterocycles. The van der Waals surface area contributed by atoms with E-state index in [1.165, 1.54) is 0 Å². The first kappa shape index (κ1) is 7.98. The highest BCUT2D eigenvalue weighted by Crippen LogP contribution is 2.33. The molecule has 0 amide bonds. The van der Waals surface area contributed by atoms with Crippen LogP contribution in [0.25, 0.3) is 10.9 Å². The quantitative estimate of drug-likeness (QED) is 0.653. The van der Waals surface area contributed by atoms with E-state index in [0.29, 0.717) is 5.69 Å². The Kier molecular flexibility index (Phi) is 1.65. The van der Waals surface area contributed by atoms with E-state index in [1.807, 2.05) is 25.3 Å². The lowest BCUT2D eigenvalue weighted by Crippen LogP contribution is -1.92. The molecule has 0 atom stereocenters. The van der Waals surface area contributed by atoms with Gasteiger partial charge in [0.1, 0.15) is 0 Å². The molecule has 0 aliphatic carbocycles. The lowest BCUT2D eigenvalue weighted by Gasteiger charge is -2.05. The van der Waals surface area contributed by atoms with Crippen molar-refractivity contribution in [1.82, 2.24) is 4.98 Å². The molecule has 1 heterocycles. The first-order valence-electron chi connectivity index (χ1n) is 4.14. The number of aryl methyl sites for hydroxylation is 1. The predicted molar refractivity (Wildman–Crippen MR) is 54.0 cm³/mol. The number of aromatic nitrogens is 1. The van der Waals surface area contributed by atoms with Gasteiger partial charge >= 0.3 is 0 Å². The van der Waals surface area contributed by atoms with E-state index in [9.17, 15) is 0 Å². The lowest BCUT2D eigenvalue weighted by atomic mass is 10.1. The highest BCUT2D eigenvalue weighted by atomic mass is 16.5. The first-order chi connectivity index (χ1) is 6.24. The van der Waals surface area contributed by atoms with Gasteiger partial charge in [0.25, 0.3) is 0 Å². The molecule has 3 nitrogen and oxygen atoms in total. The van der Waals surface area contributed by atoms with Gasteiger partial charge in [0.15, 0.2) is 5.75 Å². The number of H-pyrrole nitrogens is 1. The van der Waals surface area contributed by atoms with Crippen molar-refractivity contribution in [3.63, 3.8) is 0 Å². The number of anilines is 1. The van der Waals surface area contributed by atoms with E-state index < -0.39 is 0 Å². The molecule has 2 rings (SSSR count). The number of rotatable bonds is 1. The third-order valence-corrected chi connectivity index (χ3v) is 2.23. The van der Waals surface area contributed by atoms with Gasteiger partial charge in [0.2, 0.25) is 0 Å². The fraction of sp³-hybridized carbons (Fsp3) is 0.200. The molecular formula is C10H12N2O. The molecule has 0 bridgehead atoms. The third-order valence-electron chi connectivity index (χ3n) is 2.23. The third kappa shape index (κ3) is 1.04. The summed E-state index contributed by atoms with van der Waals surface area (Å²) in [6.07, 6.45) is 1.95. The average molecular weight is 176 g/mol. The summed E-state index contributed by atoms with van der Waals surface area (Å²) in [4.78, 5) is 3.15. The summed E-state index contributed by atoms with van der Waals surface area (Å²) >= 11 is 0. The zero-order valence-electron chi connectivity index (χ0n) is 7.72. The maximum absolute atomic E-state index is 5.79. The Hall–Kier alpha value is -1.64. The molecule has 0 radical (unpaired) electrons. The van der Waals surface area contributed by atoms with Crippen molar-refractivity contribution in [2.24, 2.45) is 0 Å². The number of nitrogens with two attached hydrogens (primary N) is 1. The van der Waals surface area contributed by atoms with Crippen LogP contribution in [0.2, 0.25) is 0 Å². The summed E-state index contributed by atoms with van der Waals surface area (Å²) in [6.45, 7) is 2.03. The van der Waals surface area contributed by atoms with Gasteiger partial charge in [-0.2, -0.15) is 0 Å². The van der Waals surface area contributed by atoms with Gasteiger partial charge in [-0.15, -0.1) is 0 Å². The van der Waals surface area contributed by atoms with E-state index in [2.05, 4.69) is 4.98 Å². The van der Waals surface area contributed by atoms with Gasteiger partial charge < -0.3 is 15.5 Å². The maximum Gasteiger partial charge on any atom is 0.151 e. The SMILES string of the molecule is COc1c(N)ccc2[nH]cc(C)c12. The molecule has 3 N–H and O–H groups in total. The molecule has 0 aliphatic rings. The highest BCUT2D eigenvalue weighted by molar-refractivity contribution is 5.93. The number of aromatic amines is 1. The van der Waals surface area contributed by atoms with E-state index in [0.717, 1.165) is 22.2 Å². The highest BCUT2D eigenvalue weighted by Gasteiger charge is 2.08. The minimum atomic E-state index is 0.678. The number of nitrogen functional groups attached to an aromatic ring is 1. The second-order valence-electron chi connectivity index (χ2n) is 3.08. The molecule has 0 fully saturated rings. The lowest BCUT2D eigenvalue weighted by molar-refractivity contribution is 0.422. The molecule has 0 saturated carbocycles. The maximum atomic E-state index is 5.79. The first-order valence-corrected chi connectivity index (χ1v) is 4.14. The molecule has 68 valence electrons. The van der Waals surface area contributed by atoms with E-state index >= 15 is 0 Å². The van der Waals surface area contributed by atoms with Crippen LogP contribution in [0.4, 0.5) is 5.69 Å². The van der Waals surface area contributed by atoms with Crippen molar-refractivity contribution in [3.05, 3.63) is 23.9 Å². The van der Waals surface area contributed by atoms with Crippen LogP contribution in [0.3, 0.4) is 0 Å². The van der Waals surface area contributed by atoms with Gasteiger partial charge in [0, 0.05) is 17.1 Å². The number of benzene rings is 1. The molecule has 0 unspecified atom stereocenters. The molecular weight excluding hydrogens is 164 g/mol. The molecule has 13 heavy (non-hydrogen) atoms. The largest absolute Gasteiger partial charge is 0.494 e. The number of ether oxygens (including phenoxy) is 1. The summed E-state index contributed by atoms with van der Waals surface area (Å²) in [5, 5.41) is 1.07. The molecule has 1 aromatic heterocycles. The van der Waals surface area contributed by atoms with Crippen molar-refractivity contribution in [1.29, 1.82) is 0 Å². The predicted octanol–water partition coefficient (Wildman–Crippen LogP) is 2.07. The van der Waals surface area contributed by atoms with Crippen molar-refractivity contribution in [2.45, 2.75) is 6.92 Å². The summed E-state index contributed by atoms with van der Waals surface area (Å²) in [7, 11) is 1.64. The summed E-state index contributed by atoms with van der Waals surface area (Å²) in [5.74, 6) is 0.760. The number of hydrogen-bond acceptors (Lipinski definition) is 2. The zero-order chi connectivity index (χ0) is 9.42. The molecule has 2 aromatic rings. The smallest absolute Gasteiger partial charge is 0.151 e. The average Bonchev–Trinajstić information content (AvgIpc) is 2.49. The number of hydrogen-bond donors (Lipinski definition) is 2. The van der Waals surface area contributed by atoms with Crippen molar-refractivity contribution >= 4 is 16.6 Å². The summed E-state index contributed by atoms with van der Waals surface area (Å²) < 4.78 is 5.25. The fourth-order valence-corrected chi connectivity index (χ4v) is 1.59. The standard InChI is InChI=1S/C10H12N2O/c1-6-5-12-8-4-3-7(11)10(13-2)9(6)8/h3-5,12H,11H2,1-2H3. The van der Waals surface area contributed by atoms with Crippen LogP contribution in [-0.4, -0.2) is 12.1 Å². The number of nitrogens with one attached hydrogen (secondary N) is 1. The Morgan fingerprint density at radius 1 is 1.38 bits per heavy atom. The molecule has 0 spiro atoms. The monoisotopic (exact) mass is 176 g/mol.